The molecular weight excluding hydrogens is 460 g/mol. The van der Waals surface area contributed by atoms with E-state index in [1.54, 1.807) is 36.6 Å². The highest BCUT2D eigenvalue weighted by atomic mass is 35.5. The van der Waals surface area contributed by atoms with E-state index in [2.05, 4.69) is 5.32 Å². The van der Waals surface area contributed by atoms with E-state index in [1.807, 2.05) is 0 Å². The lowest BCUT2D eigenvalue weighted by Gasteiger charge is -2.18. The van der Waals surface area contributed by atoms with E-state index in [-0.39, 0.29) is 21.4 Å². The van der Waals surface area contributed by atoms with Crippen molar-refractivity contribution >= 4 is 56.2 Å². The van der Waals surface area contributed by atoms with Crippen LogP contribution in [-0.4, -0.2) is 33.9 Å². The molecule has 7 nitrogen and oxygen atoms in total. The van der Waals surface area contributed by atoms with Crippen molar-refractivity contribution in [3.05, 3.63) is 76.1 Å². The highest BCUT2D eigenvalue weighted by molar-refractivity contribution is 7.94. The molecule has 1 N–H and O–H groups in total. The van der Waals surface area contributed by atoms with Gasteiger partial charge in [0, 0.05) is 18.3 Å². The predicted octanol–water partition coefficient (Wildman–Crippen LogP) is 4.66. The van der Waals surface area contributed by atoms with Gasteiger partial charge in [0.2, 0.25) is 0 Å². The molecule has 2 aromatic carbocycles. The number of carbonyl (C=O) groups is 2. The van der Waals surface area contributed by atoms with E-state index in [9.17, 15) is 18.0 Å². The molecule has 3 aromatic rings. The first-order valence-electron chi connectivity index (χ1n) is 9.14. The summed E-state index contributed by atoms with van der Waals surface area (Å²) in [6.45, 7) is 1.93. The summed E-state index contributed by atoms with van der Waals surface area (Å²) in [5, 5.41) is 4.55. The van der Waals surface area contributed by atoms with Gasteiger partial charge in [0.15, 0.2) is 0 Å². The largest absolute Gasteiger partial charge is 0.462 e. The molecule has 3 rings (SSSR count). The summed E-state index contributed by atoms with van der Waals surface area (Å²) in [4.78, 5) is 24.3. The van der Waals surface area contributed by atoms with Gasteiger partial charge in [-0.05, 0) is 60.8 Å². The van der Waals surface area contributed by atoms with Crippen molar-refractivity contribution in [3.8, 4) is 0 Å². The Bertz CT molecular complexity index is 1190. The van der Waals surface area contributed by atoms with Crippen LogP contribution in [0, 0.1) is 0 Å². The maximum Gasteiger partial charge on any atom is 0.339 e. The van der Waals surface area contributed by atoms with Crippen molar-refractivity contribution < 1.29 is 22.7 Å². The van der Waals surface area contributed by atoms with Crippen LogP contribution in [0.5, 0.6) is 0 Å². The Hall–Kier alpha value is -2.88. The van der Waals surface area contributed by atoms with E-state index in [0.717, 1.165) is 15.6 Å². The maximum atomic E-state index is 12.6. The second-order valence-electron chi connectivity index (χ2n) is 6.32. The highest BCUT2D eigenvalue weighted by Crippen LogP contribution is 2.26. The van der Waals surface area contributed by atoms with Crippen LogP contribution in [0.1, 0.15) is 27.6 Å². The van der Waals surface area contributed by atoms with Crippen molar-refractivity contribution in [2.75, 3.05) is 23.3 Å². The number of halogens is 1. The van der Waals surface area contributed by atoms with Crippen LogP contribution >= 0.6 is 22.9 Å². The van der Waals surface area contributed by atoms with Crippen LogP contribution in [0.2, 0.25) is 5.02 Å². The number of hydrogen-bond donors (Lipinski definition) is 1. The van der Waals surface area contributed by atoms with E-state index in [4.69, 9.17) is 16.3 Å². The molecular formula is C21H19ClN2O5S2. The van der Waals surface area contributed by atoms with Gasteiger partial charge >= 0.3 is 5.97 Å². The standard InChI is InChI=1S/C21H19ClN2O5S2/c1-3-29-21(26)17-11-8-15(13-18(17)22)23-20(25)14-6-9-16(10-7-14)24(2)31(27,28)19-5-4-12-30-19/h4-13H,3H2,1-2H3,(H,23,25). The third-order valence-electron chi connectivity index (χ3n) is 4.33. The first kappa shape index (κ1) is 22.8. The number of nitrogens with one attached hydrogen (secondary N) is 1. The molecule has 0 bridgehead atoms. The summed E-state index contributed by atoms with van der Waals surface area (Å²) in [5.74, 6) is -0.946. The second kappa shape index (κ2) is 9.51. The topological polar surface area (TPSA) is 92.8 Å². The molecule has 0 saturated carbocycles. The van der Waals surface area contributed by atoms with Gasteiger partial charge in [0.25, 0.3) is 15.9 Å². The summed E-state index contributed by atoms with van der Waals surface area (Å²) >= 11 is 7.25. The number of esters is 1. The fourth-order valence-corrected chi connectivity index (χ4v) is 5.29. The lowest BCUT2D eigenvalue weighted by Crippen LogP contribution is -2.25. The summed E-state index contributed by atoms with van der Waals surface area (Å²) in [7, 11) is -2.20. The monoisotopic (exact) mass is 478 g/mol. The van der Waals surface area contributed by atoms with Crippen LogP contribution < -0.4 is 9.62 Å². The molecule has 1 aromatic heterocycles. The predicted molar refractivity (Wildman–Crippen MR) is 122 cm³/mol. The van der Waals surface area contributed by atoms with Crippen molar-refractivity contribution in [1.29, 1.82) is 0 Å². The van der Waals surface area contributed by atoms with Crippen molar-refractivity contribution in [2.45, 2.75) is 11.1 Å². The molecule has 0 atom stereocenters. The van der Waals surface area contributed by atoms with E-state index in [0.29, 0.717) is 16.9 Å². The zero-order valence-corrected chi connectivity index (χ0v) is 19.1. The minimum atomic E-state index is -3.65. The van der Waals surface area contributed by atoms with Crippen LogP contribution in [0.3, 0.4) is 0 Å². The fourth-order valence-electron chi connectivity index (χ4n) is 2.68. The maximum absolute atomic E-state index is 12.6. The first-order chi connectivity index (χ1) is 14.7. The lowest BCUT2D eigenvalue weighted by molar-refractivity contribution is 0.0526. The smallest absolute Gasteiger partial charge is 0.339 e. The lowest BCUT2D eigenvalue weighted by atomic mass is 10.1. The zero-order chi connectivity index (χ0) is 22.6. The summed E-state index contributed by atoms with van der Waals surface area (Å²) in [6, 6.07) is 13.9. The molecule has 10 heteroatoms. The molecule has 1 amide bonds. The third kappa shape index (κ3) is 5.07. The van der Waals surface area contributed by atoms with Gasteiger partial charge < -0.3 is 10.1 Å². The highest BCUT2D eigenvalue weighted by Gasteiger charge is 2.22. The molecule has 0 aliphatic rings. The average molecular weight is 479 g/mol. The Balaban J connectivity index is 1.72. The summed E-state index contributed by atoms with van der Waals surface area (Å²) in [6.07, 6.45) is 0. The average Bonchev–Trinajstić information content (AvgIpc) is 3.29. The molecule has 0 aliphatic carbocycles. The van der Waals surface area contributed by atoms with Crippen LogP contribution in [-0.2, 0) is 14.8 Å². The third-order valence-corrected chi connectivity index (χ3v) is 7.80. The Morgan fingerprint density at radius 3 is 2.42 bits per heavy atom. The van der Waals surface area contributed by atoms with Crippen molar-refractivity contribution in [2.24, 2.45) is 0 Å². The molecule has 0 unspecified atom stereocenters. The minimum Gasteiger partial charge on any atom is -0.462 e. The molecule has 0 saturated heterocycles. The van der Waals surface area contributed by atoms with Gasteiger partial charge in [-0.15, -0.1) is 11.3 Å². The molecule has 0 spiro atoms. The molecule has 31 heavy (non-hydrogen) atoms. The number of hydrogen-bond acceptors (Lipinski definition) is 6. The van der Waals surface area contributed by atoms with Gasteiger partial charge in [-0.25, -0.2) is 13.2 Å². The number of benzene rings is 2. The fraction of sp³-hybridized carbons (Fsp3) is 0.143. The summed E-state index contributed by atoms with van der Waals surface area (Å²) < 4.78 is 31.5. The van der Waals surface area contributed by atoms with Crippen molar-refractivity contribution in [3.63, 3.8) is 0 Å². The Labute approximate surface area is 189 Å². The zero-order valence-electron chi connectivity index (χ0n) is 16.7. The van der Waals surface area contributed by atoms with Gasteiger partial charge in [-0.3, -0.25) is 9.10 Å². The first-order valence-corrected chi connectivity index (χ1v) is 11.8. The van der Waals surface area contributed by atoms with Gasteiger partial charge in [0.1, 0.15) is 4.21 Å². The molecule has 0 aliphatic heterocycles. The van der Waals surface area contributed by atoms with Crippen LogP contribution in [0.4, 0.5) is 11.4 Å². The summed E-state index contributed by atoms with van der Waals surface area (Å²) in [5.41, 5.74) is 1.37. The number of sulfonamides is 1. The normalized spacial score (nSPS) is 11.1. The van der Waals surface area contributed by atoms with Gasteiger partial charge in [-0.2, -0.15) is 0 Å². The number of anilines is 2. The van der Waals surface area contributed by atoms with Gasteiger partial charge in [-0.1, -0.05) is 17.7 Å². The number of amides is 1. The van der Waals surface area contributed by atoms with Crippen molar-refractivity contribution in [1.82, 2.24) is 0 Å². The number of carbonyl (C=O) groups excluding carboxylic acids is 2. The van der Waals surface area contributed by atoms with Crippen LogP contribution in [0.25, 0.3) is 0 Å². The number of nitrogens with zero attached hydrogens (tertiary/aromatic N) is 1. The molecule has 1 heterocycles. The number of thiophene rings is 1. The minimum absolute atomic E-state index is 0.159. The van der Waals surface area contributed by atoms with E-state index < -0.39 is 21.9 Å². The number of ether oxygens (including phenoxy) is 1. The van der Waals surface area contributed by atoms with E-state index >= 15 is 0 Å². The van der Waals surface area contributed by atoms with E-state index in [1.165, 1.54) is 37.4 Å². The Morgan fingerprint density at radius 1 is 1.13 bits per heavy atom. The Kier molecular flexibility index (Phi) is 6.99. The van der Waals surface area contributed by atoms with Gasteiger partial charge in [0.05, 0.1) is 22.9 Å². The SMILES string of the molecule is CCOC(=O)c1ccc(NC(=O)c2ccc(N(C)S(=O)(=O)c3cccs3)cc2)cc1Cl. The second-order valence-corrected chi connectivity index (χ2v) is 9.87. The molecule has 162 valence electrons. The number of rotatable bonds is 7. The Morgan fingerprint density at radius 2 is 1.84 bits per heavy atom. The molecule has 0 radical (unpaired) electrons. The molecule has 0 fully saturated rings. The van der Waals surface area contributed by atoms with Crippen LogP contribution in [0.15, 0.2) is 64.2 Å². The quantitative estimate of drug-likeness (QED) is 0.499.